The Labute approximate surface area is 83.6 Å². The van der Waals surface area contributed by atoms with Crippen LogP contribution in [0, 0.1) is 5.41 Å². The van der Waals surface area contributed by atoms with E-state index < -0.39 is 6.04 Å². The van der Waals surface area contributed by atoms with E-state index in [9.17, 15) is 4.79 Å². The second-order valence-electron chi connectivity index (χ2n) is 4.30. The summed E-state index contributed by atoms with van der Waals surface area (Å²) in [4.78, 5) is 19.5. The van der Waals surface area contributed by atoms with Crippen molar-refractivity contribution < 1.29 is 4.79 Å². The molecule has 1 atom stereocenters. The number of hydrogen-bond acceptors (Lipinski definition) is 4. The van der Waals surface area contributed by atoms with Gasteiger partial charge in [-0.1, -0.05) is 20.8 Å². The fourth-order valence-electron chi connectivity index (χ4n) is 0.979. The molecular weight excluding hydrogens is 178 g/mol. The highest BCUT2D eigenvalue weighted by Gasteiger charge is 2.28. The summed E-state index contributed by atoms with van der Waals surface area (Å²) in [5.74, 6) is -0.161. The smallest absolute Gasteiger partial charge is 0.199 e. The molecule has 4 nitrogen and oxygen atoms in total. The average molecular weight is 193 g/mol. The minimum absolute atomic E-state index is 0.161. The maximum atomic E-state index is 11.8. The van der Waals surface area contributed by atoms with Gasteiger partial charge in [0.1, 0.15) is 5.69 Å². The van der Waals surface area contributed by atoms with Crippen LogP contribution in [0.2, 0.25) is 0 Å². The quantitative estimate of drug-likeness (QED) is 0.712. The van der Waals surface area contributed by atoms with Crippen LogP contribution in [0.15, 0.2) is 18.6 Å². The van der Waals surface area contributed by atoms with Crippen LogP contribution in [0.25, 0.3) is 0 Å². The topological polar surface area (TPSA) is 68.9 Å². The summed E-state index contributed by atoms with van der Waals surface area (Å²) in [6.07, 6.45) is 4.45. The summed E-state index contributed by atoms with van der Waals surface area (Å²) in [7, 11) is 0. The minimum Gasteiger partial charge on any atom is -0.321 e. The van der Waals surface area contributed by atoms with Gasteiger partial charge in [-0.25, -0.2) is 4.98 Å². The van der Waals surface area contributed by atoms with Crippen LogP contribution < -0.4 is 5.73 Å². The standard InChI is InChI=1S/C10H15N3O/c1-10(2,3)9(11)8(14)7-6-12-4-5-13-7/h4-6,9H,11H2,1-3H3. The molecule has 0 saturated carbocycles. The number of ketones is 1. The first-order valence-electron chi connectivity index (χ1n) is 4.49. The maximum absolute atomic E-state index is 11.8. The fourth-order valence-corrected chi connectivity index (χ4v) is 0.979. The lowest BCUT2D eigenvalue weighted by Crippen LogP contribution is -2.42. The van der Waals surface area contributed by atoms with E-state index in [1.165, 1.54) is 18.6 Å². The van der Waals surface area contributed by atoms with Crippen LogP contribution in [0.4, 0.5) is 0 Å². The van der Waals surface area contributed by atoms with E-state index in [1.807, 2.05) is 20.8 Å². The first-order chi connectivity index (χ1) is 6.43. The van der Waals surface area contributed by atoms with Gasteiger partial charge in [-0.05, 0) is 5.41 Å². The molecule has 2 N–H and O–H groups in total. The summed E-state index contributed by atoms with van der Waals surface area (Å²) in [5, 5.41) is 0. The van der Waals surface area contributed by atoms with Crippen molar-refractivity contribution >= 4 is 5.78 Å². The van der Waals surface area contributed by atoms with Gasteiger partial charge in [0.2, 0.25) is 0 Å². The number of hydrogen-bond donors (Lipinski definition) is 1. The molecule has 0 amide bonds. The summed E-state index contributed by atoms with van der Waals surface area (Å²) in [6, 6.07) is -0.542. The SMILES string of the molecule is CC(C)(C)C(N)C(=O)c1cnccn1. The zero-order valence-electron chi connectivity index (χ0n) is 8.69. The Morgan fingerprint density at radius 2 is 2.07 bits per heavy atom. The van der Waals surface area contributed by atoms with Crippen LogP contribution in [0.5, 0.6) is 0 Å². The van der Waals surface area contributed by atoms with E-state index in [0.717, 1.165) is 0 Å². The van der Waals surface area contributed by atoms with Crippen LogP contribution in [-0.2, 0) is 0 Å². The van der Waals surface area contributed by atoms with Gasteiger partial charge in [0.25, 0.3) is 0 Å². The molecule has 0 spiro atoms. The normalized spacial score (nSPS) is 13.7. The number of nitrogens with zero attached hydrogens (tertiary/aromatic N) is 2. The fraction of sp³-hybridized carbons (Fsp3) is 0.500. The summed E-state index contributed by atoms with van der Waals surface area (Å²) in [5.41, 5.74) is 5.88. The molecule has 0 saturated heterocycles. The molecule has 1 aromatic heterocycles. The first-order valence-corrected chi connectivity index (χ1v) is 4.49. The van der Waals surface area contributed by atoms with Crippen molar-refractivity contribution in [1.29, 1.82) is 0 Å². The molecule has 0 aliphatic heterocycles. The second kappa shape index (κ2) is 3.84. The lowest BCUT2D eigenvalue weighted by molar-refractivity contribution is 0.0896. The molecule has 1 aromatic rings. The Hall–Kier alpha value is -1.29. The van der Waals surface area contributed by atoms with E-state index in [-0.39, 0.29) is 11.2 Å². The molecule has 0 radical (unpaired) electrons. The maximum Gasteiger partial charge on any atom is 0.199 e. The van der Waals surface area contributed by atoms with Crippen molar-refractivity contribution in [3.8, 4) is 0 Å². The first kappa shape index (κ1) is 10.8. The Bertz CT molecular complexity index is 316. The Morgan fingerprint density at radius 3 is 2.50 bits per heavy atom. The van der Waals surface area contributed by atoms with Crippen molar-refractivity contribution in [3.63, 3.8) is 0 Å². The monoisotopic (exact) mass is 193 g/mol. The van der Waals surface area contributed by atoms with E-state index in [2.05, 4.69) is 9.97 Å². The van der Waals surface area contributed by atoms with Crippen molar-refractivity contribution in [1.82, 2.24) is 9.97 Å². The van der Waals surface area contributed by atoms with Gasteiger partial charge in [0.15, 0.2) is 5.78 Å². The van der Waals surface area contributed by atoms with E-state index in [4.69, 9.17) is 5.73 Å². The average Bonchev–Trinajstić information content (AvgIpc) is 2.15. The van der Waals surface area contributed by atoms with Gasteiger partial charge in [-0.15, -0.1) is 0 Å². The number of aromatic nitrogens is 2. The predicted octanol–water partition coefficient (Wildman–Crippen LogP) is 1.03. The number of rotatable bonds is 2. The minimum atomic E-state index is -0.542. The highest BCUT2D eigenvalue weighted by Crippen LogP contribution is 2.19. The third kappa shape index (κ3) is 2.35. The summed E-state index contributed by atoms with van der Waals surface area (Å²) >= 11 is 0. The molecule has 0 fully saturated rings. The molecule has 0 aromatic carbocycles. The van der Waals surface area contributed by atoms with Crippen molar-refractivity contribution in [2.45, 2.75) is 26.8 Å². The number of carbonyl (C=O) groups is 1. The summed E-state index contributed by atoms with van der Waals surface area (Å²) in [6.45, 7) is 5.77. The Kier molecular flexibility index (Phi) is 2.96. The molecule has 0 aliphatic carbocycles. The number of nitrogens with two attached hydrogens (primary N) is 1. The van der Waals surface area contributed by atoms with Crippen molar-refractivity contribution in [2.24, 2.45) is 11.1 Å². The predicted molar refractivity (Wildman–Crippen MR) is 53.8 cm³/mol. The van der Waals surface area contributed by atoms with Crippen LogP contribution >= 0.6 is 0 Å². The molecule has 1 unspecified atom stereocenters. The van der Waals surface area contributed by atoms with Crippen LogP contribution in [-0.4, -0.2) is 21.8 Å². The molecule has 1 heterocycles. The van der Waals surface area contributed by atoms with Gasteiger partial charge in [0.05, 0.1) is 12.2 Å². The van der Waals surface area contributed by atoms with E-state index >= 15 is 0 Å². The molecular formula is C10H15N3O. The zero-order valence-corrected chi connectivity index (χ0v) is 8.69. The van der Waals surface area contributed by atoms with Crippen molar-refractivity contribution in [3.05, 3.63) is 24.3 Å². The third-order valence-electron chi connectivity index (χ3n) is 2.03. The van der Waals surface area contributed by atoms with Crippen LogP contribution in [0.1, 0.15) is 31.3 Å². The van der Waals surface area contributed by atoms with Gasteiger partial charge in [-0.3, -0.25) is 9.78 Å². The molecule has 0 bridgehead atoms. The highest BCUT2D eigenvalue weighted by molar-refractivity contribution is 5.98. The van der Waals surface area contributed by atoms with Crippen molar-refractivity contribution in [2.75, 3.05) is 0 Å². The zero-order chi connectivity index (χ0) is 10.8. The molecule has 1 rings (SSSR count). The van der Waals surface area contributed by atoms with Gasteiger partial charge >= 0.3 is 0 Å². The molecule has 0 aliphatic rings. The van der Waals surface area contributed by atoms with E-state index in [0.29, 0.717) is 5.69 Å². The van der Waals surface area contributed by atoms with E-state index in [1.54, 1.807) is 0 Å². The van der Waals surface area contributed by atoms with Gasteiger partial charge in [-0.2, -0.15) is 0 Å². The van der Waals surface area contributed by atoms with Crippen LogP contribution in [0.3, 0.4) is 0 Å². The second-order valence-corrected chi connectivity index (χ2v) is 4.30. The lowest BCUT2D eigenvalue weighted by Gasteiger charge is -2.25. The molecule has 14 heavy (non-hydrogen) atoms. The van der Waals surface area contributed by atoms with Gasteiger partial charge < -0.3 is 5.73 Å². The Morgan fingerprint density at radius 1 is 1.43 bits per heavy atom. The lowest BCUT2D eigenvalue weighted by atomic mass is 9.84. The largest absolute Gasteiger partial charge is 0.321 e. The third-order valence-corrected chi connectivity index (χ3v) is 2.03. The number of carbonyl (C=O) groups excluding carboxylic acids is 1. The molecule has 76 valence electrons. The van der Waals surface area contributed by atoms with Gasteiger partial charge in [0, 0.05) is 12.4 Å². The highest BCUT2D eigenvalue weighted by atomic mass is 16.1. The number of Topliss-reactive ketones (excluding diaryl/α,β-unsaturated/α-hetero) is 1. The Balaban J connectivity index is 2.87. The molecule has 4 heteroatoms. The summed E-state index contributed by atoms with van der Waals surface area (Å²) < 4.78 is 0.